The first-order chi connectivity index (χ1) is 7.42. The molecular formula is C9H11N6. The highest BCUT2D eigenvalue weighted by Crippen LogP contribution is 2.26. The number of hydrogen-bond acceptors (Lipinski definition) is 5. The second-order valence-electron chi connectivity index (χ2n) is 3.53. The molecule has 0 bridgehead atoms. The van der Waals surface area contributed by atoms with Crippen LogP contribution in [0.3, 0.4) is 0 Å². The quantitative estimate of drug-likeness (QED) is 0.584. The van der Waals surface area contributed by atoms with Gasteiger partial charge in [0.15, 0.2) is 11.9 Å². The van der Waals surface area contributed by atoms with Gasteiger partial charge in [0.25, 0.3) is 0 Å². The van der Waals surface area contributed by atoms with E-state index >= 15 is 0 Å². The normalized spacial score (nSPS) is 28.7. The molecule has 3 N–H and O–H groups in total. The first-order valence-corrected chi connectivity index (χ1v) is 4.90. The molecule has 77 valence electrons. The molecule has 0 aliphatic carbocycles. The minimum Gasteiger partial charge on any atom is -0.369 e. The van der Waals surface area contributed by atoms with Crippen LogP contribution >= 0.6 is 0 Å². The molecule has 3 rings (SSSR count). The first-order valence-electron chi connectivity index (χ1n) is 4.90. The van der Waals surface area contributed by atoms with Crippen molar-refractivity contribution < 1.29 is 0 Å². The highest BCUT2D eigenvalue weighted by Gasteiger charge is 2.43. The fourth-order valence-corrected chi connectivity index (χ4v) is 1.89. The maximum atomic E-state index is 4.42. The molecule has 6 nitrogen and oxygen atoms in total. The molecule has 0 aromatic carbocycles. The van der Waals surface area contributed by atoms with E-state index in [4.69, 9.17) is 0 Å². The summed E-state index contributed by atoms with van der Waals surface area (Å²) in [7, 11) is 0. The van der Waals surface area contributed by atoms with E-state index in [2.05, 4.69) is 36.9 Å². The average molecular weight is 203 g/mol. The Hall–Kier alpha value is -1.85. The van der Waals surface area contributed by atoms with Gasteiger partial charge in [-0.1, -0.05) is 0 Å². The fourth-order valence-electron chi connectivity index (χ4n) is 1.89. The van der Waals surface area contributed by atoms with Crippen molar-refractivity contribution in [2.75, 3.05) is 19.6 Å². The van der Waals surface area contributed by atoms with Crippen LogP contribution in [0.1, 0.15) is 5.82 Å². The number of H-pyrrole nitrogens is 1. The lowest BCUT2D eigenvalue weighted by Crippen LogP contribution is -2.44. The lowest BCUT2D eigenvalue weighted by molar-refractivity contribution is 0.582. The molecule has 1 radical (unpaired) electrons. The lowest BCUT2D eigenvalue weighted by Gasteiger charge is -2.23. The number of aromatic amines is 1. The maximum absolute atomic E-state index is 4.42. The van der Waals surface area contributed by atoms with E-state index < -0.39 is 5.54 Å². The van der Waals surface area contributed by atoms with E-state index in [1.165, 1.54) is 0 Å². The molecule has 3 heterocycles. The van der Waals surface area contributed by atoms with Gasteiger partial charge in [-0.2, -0.15) is 0 Å². The summed E-state index contributed by atoms with van der Waals surface area (Å²) >= 11 is 0. The Balaban J connectivity index is 2.06. The Morgan fingerprint density at radius 3 is 3.07 bits per heavy atom. The molecule has 0 saturated heterocycles. The van der Waals surface area contributed by atoms with Gasteiger partial charge in [-0.25, -0.2) is 9.98 Å². The van der Waals surface area contributed by atoms with Crippen LogP contribution in [0.15, 0.2) is 22.4 Å². The van der Waals surface area contributed by atoms with Crippen molar-refractivity contribution in [2.45, 2.75) is 5.54 Å². The van der Waals surface area contributed by atoms with Crippen LogP contribution in [-0.4, -0.2) is 41.8 Å². The Labute approximate surface area is 86.9 Å². The molecule has 1 aromatic rings. The minimum absolute atomic E-state index is 0.528. The number of imidazole rings is 1. The maximum Gasteiger partial charge on any atom is 0.194 e. The first kappa shape index (κ1) is 8.46. The van der Waals surface area contributed by atoms with Gasteiger partial charge in [0.1, 0.15) is 11.7 Å². The lowest BCUT2D eigenvalue weighted by atomic mass is 9.99. The largest absolute Gasteiger partial charge is 0.369 e. The number of aromatic nitrogens is 2. The van der Waals surface area contributed by atoms with E-state index in [-0.39, 0.29) is 0 Å². The van der Waals surface area contributed by atoms with Crippen molar-refractivity contribution in [3.8, 4) is 0 Å². The molecule has 0 saturated carbocycles. The van der Waals surface area contributed by atoms with Crippen molar-refractivity contribution in [2.24, 2.45) is 9.98 Å². The summed E-state index contributed by atoms with van der Waals surface area (Å²) in [5.41, 5.74) is -0.528. The van der Waals surface area contributed by atoms with Crippen LogP contribution in [-0.2, 0) is 5.54 Å². The summed E-state index contributed by atoms with van der Waals surface area (Å²) in [4.78, 5) is 16.1. The number of rotatable bonds is 2. The predicted molar refractivity (Wildman–Crippen MR) is 56.0 cm³/mol. The average Bonchev–Trinajstić information content (AvgIpc) is 3.02. The zero-order chi connectivity index (χ0) is 10.1. The summed E-state index contributed by atoms with van der Waals surface area (Å²) in [6.07, 6.45) is 6.29. The van der Waals surface area contributed by atoms with Crippen molar-refractivity contribution >= 4 is 12.2 Å². The summed E-state index contributed by atoms with van der Waals surface area (Å²) in [5.74, 6) is 1.67. The highest BCUT2D eigenvalue weighted by molar-refractivity contribution is 5.95. The SMILES string of the molecule is [C]1=NC(C2=NCCN2)(c2ncc[nH]2)CN1. The van der Waals surface area contributed by atoms with Crippen LogP contribution in [0.5, 0.6) is 0 Å². The van der Waals surface area contributed by atoms with E-state index in [0.29, 0.717) is 6.54 Å². The second-order valence-corrected chi connectivity index (χ2v) is 3.53. The zero-order valence-electron chi connectivity index (χ0n) is 8.12. The summed E-state index contributed by atoms with van der Waals surface area (Å²) in [5, 5.41) is 6.22. The van der Waals surface area contributed by atoms with E-state index in [0.717, 1.165) is 24.7 Å². The third-order valence-electron chi connectivity index (χ3n) is 2.63. The third-order valence-corrected chi connectivity index (χ3v) is 2.63. The number of hydrogen-bond donors (Lipinski definition) is 3. The Morgan fingerprint density at radius 1 is 1.47 bits per heavy atom. The van der Waals surface area contributed by atoms with Gasteiger partial charge < -0.3 is 15.6 Å². The van der Waals surface area contributed by atoms with Gasteiger partial charge in [-0.05, 0) is 0 Å². The third kappa shape index (κ3) is 1.14. The molecule has 6 heteroatoms. The zero-order valence-corrected chi connectivity index (χ0v) is 8.12. The van der Waals surface area contributed by atoms with Gasteiger partial charge in [0, 0.05) is 18.9 Å². The van der Waals surface area contributed by atoms with Gasteiger partial charge in [0.2, 0.25) is 0 Å². The molecule has 1 atom stereocenters. The van der Waals surface area contributed by atoms with Crippen molar-refractivity contribution in [1.82, 2.24) is 20.6 Å². The van der Waals surface area contributed by atoms with Crippen LogP contribution < -0.4 is 10.6 Å². The smallest absolute Gasteiger partial charge is 0.194 e. The van der Waals surface area contributed by atoms with Crippen LogP contribution in [0.2, 0.25) is 0 Å². The predicted octanol–water partition coefficient (Wildman–Crippen LogP) is -0.885. The summed E-state index contributed by atoms with van der Waals surface area (Å²) in [6, 6.07) is 0. The molecule has 2 aliphatic heterocycles. The molecule has 0 amide bonds. The van der Waals surface area contributed by atoms with Crippen LogP contribution in [0.25, 0.3) is 0 Å². The van der Waals surface area contributed by atoms with Gasteiger partial charge in [-0.3, -0.25) is 4.99 Å². The van der Waals surface area contributed by atoms with Gasteiger partial charge >= 0.3 is 0 Å². The van der Waals surface area contributed by atoms with E-state index in [1.807, 2.05) is 0 Å². The summed E-state index contributed by atoms with van der Waals surface area (Å²) < 4.78 is 0. The molecule has 15 heavy (non-hydrogen) atoms. The number of amidine groups is 1. The molecule has 1 aromatic heterocycles. The Kier molecular flexibility index (Phi) is 1.74. The van der Waals surface area contributed by atoms with E-state index in [9.17, 15) is 0 Å². The molecular weight excluding hydrogens is 192 g/mol. The monoisotopic (exact) mass is 203 g/mol. The summed E-state index contributed by atoms with van der Waals surface area (Å²) in [6.45, 7) is 2.31. The van der Waals surface area contributed by atoms with Gasteiger partial charge in [0.05, 0.1) is 13.1 Å². The number of nitrogens with zero attached hydrogens (tertiary/aromatic N) is 3. The Morgan fingerprint density at radius 2 is 2.47 bits per heavy atom. The van der Waals surface area contributed by atoms with Gasteiger partial charge in [-0.15, -0.1) is 0 Å². The topological polar surface area (TPSA) is 77.5 Å². The van der Waals surface area contributed by atoms with Crippen LogP contribution in [0, 0.1) is 0 Å². The van der Waals surface area contributed by atoms with Crippen molar-refractivity contribution in [1.29, 1.82) is 0 Å². The number of nitrogens with one attached hydrogen (secondary N) is 3. The molecule has 2 aliphatic rings. The van der Waals surface area contributed by atoms with Crippen LogP contribution in [0.4, 0.5) is 0 Å². The van der Waals surface area contributed by atoms with Crippen molar-refractivity contribution in [3.63, 3.8) is 0 Å². The molecule has 0 fully saturated rings. The molecule has 1 unspecified atom stereocenters. The molecule has 0 spiro atoms. The Bertz CT molecular complexity index is 406. The van der Waals surface area contributed by atoms with Crippen molar-refractivity contribution in [3.05, 3.63) is 18.2 Å². The standard InChI is InChI=1S/C9H11N6/c1-2-12-7(11-1)9(5-10-6-15-9)8-13-3-4-14-8/h1-2H,3-5H2,(H,10,15)(H,11,12)(H,13,14). The van der Waals surface area contributed by atoms with E-state index in [1.54, 1.807) is 12.4 Å². The second kappa shape index (κ2) is 3.08. The number of aliphatic imine (C=N–C) groups is 2. The highest BCUT2D eigenvalue weighted by atomic mass is 15.2. The minimum atomic E-state index is -0.528. The fraction of sp³-hybridized carbons (Fsp3) is 0.444.